The Morgan fingerprint density at radius 3 is 2.58 bits per heavy atom. The summed E-state index contributed by atoms with van der Waals surface area (Å²) in [6.07, 6.45) is 2.73. The number of nitrogens with zero attached hydrogens (tertiary/aromatic N) is 2. The maximum Gasteiger partial charge on any atom is 0.150 e. The molecule has 0 fully saturated rings. The van der Waals surface area contributed by atoms with Crippen LogP contribution in [-0.2, 0) is 19.9 Å². The van der Waals surface area contributed by atoms with Crippen LogP contribution < -0.4 is 0 Å². The van der Waals surface area contributed by atoms with Gasteiger partial charge in [-0.2, -0.15) is 5.10 Å². The molecule has 0 unspecified atom stereocenters. The average Bonchev–Trinajstić information content (AvgIpc) is 2.75. The maximum atomic E-state index is 11.0. The van der Waals surface area contributed by atoms with Crippen molar-refractivity contribution >= 4 is 6.29 Å². The largest absolute Gasteiger partial charge is 0.298 e. The van der Waals surface area contributed by atoms with Crippen LogP contribution in [0.15, 0.2) is 18.2 Å². The van der Waals surface area contributed by atoms with Gasteiger partial charge in [-0.15, -0.1) is 0 Å². The molecule has 0 bridgehead atoms. The van der Waals surface area contributed by atoms with E-state index in [-0.39, 0.29) is 0 Å². The Labute approximate surface area is 114 Å². The van der Waals surface area contributed by atoms with Crippen LogP contribution in [-0.4, -0.2) is 16.1 Å². The third-order valence-electron chi connectivity index (χ3n) is 3.58. The van der Waals surface area contributed by atoms with Crippen molar-refractivity contribution in [2.45, 2.75) is 33.6 Å². The predicted molar refractivity (Wildman–Crippen MR) is 77.5 cm³/mol. The molecule has 0 radical (unpaired) electrons. The first-order valence-electron chi connectivity index (χ1n) is 6.73. The summed E-state index contributed by atoms with van der Waals surface area (Å²) in [6.45, 7) is 6.33. The minimum absolute atomic E-state index is 0.716. The number of carbonyl (C=O) groups is 1. The van der Waals surface area contributed by atoms with E-state index in [2.05, 4.69) is 25.9 Å². The number of hydrogen-bond donors (Lipinski definition) is 0. The van der Waals surface area contributed by atoms with Crippen LogP contribution in [0.2, 0.25) is 0 Å². The van der Waals surface area contributed by atoms with Gasteiger partial charge in [0, 0.05) is 23.9 Å². The first-order chi connectivity index (χ1) is 9.12. The number of hydrogen-bond acceptors (Lipinski definition) is 2. The zero-order chi connectivity index (χ0) is 14.0. The third kappa shape index (κ3) is 2.33. The summed E-state index contributed by atoms with van der Waals surface area (Å²) in [7, 11) is 1.99. The molecule has 0 aliphatic carbocycles. The first kappa shape index (κ1) is 13.5. The van der Waals surface area contributed by atoms with Gasteiger partial charge in [-0.1, -0.05) is 26.0 Å². The summed E-state index contributed by atoms with van der Waals surface area (Å²) in [5.74, 6) is 0. The average molecular weight is 256 g/mol. The standard InChI is InChI=1S/C16H20N2O/c1-5-14-16(15(6-2)18(4)17-14)13-9-12(10-19)8-7-11(13)3/h7-10H,5-6H2,1-4H3. The number of aldehydes is 1. The fourth-order valence-corrected chi connectivity index (χ4v) is 2.57. The van der Waals surface area contributed by atoms with Crippen molar-refractivity contribution in [3.63, 3.8) is 0 Å². The molecule has 2 rings (SSSR count). The third-order valence-corrected chi connectivity index (χ3v) is 3.58. The van der Waals surface area contributed by atoms with Gasteiger partial charge >= 0.3 is 0 Å². The number of aromatic nitrogens is 2. The van der Waals surface area contributed by atoms with E-state index in [0.29, 0.717) is 5.56 Å². The minimum Gasteiger partial charge on any atom is -0.298 e. The van der Waals surface area contributed by atoms with Crippen LogP contribution in [0, 0.1) is 6.92 Å². The lowest BCUT2D eigenvalue weighted by Crippen LogP contribution is -1.97. The van der Waals surface area contributed by atoms with Crippen molar-refractivity contribution in [3.05, 3.63) is 40.7 Å². The monoisotopic (exact) mass is 256 g/mol. The van der Waals surface area contributed by atoms with Gasteiger partial charge in [-0.25, -0.2) is 0 Å². The molecule has 1 aromatic carbocycles. The second-order valence-corrected chi connectivity index (χ2v) is 4.79. The molecule has 0 aliphatic rings. The van der Waals surface area contributed by atoms with Crippen LogP contribution in [0.1, 0.15) is 41.2 Å². The molecule has 0 amide bonds. The Kier molecular flexibility index (Phi) is 3.84. The molecule has 1 aromatic heterocycles. The highest BCUT2D eigenvalue weighted by molar-refractivity contribution is 5.81. The Morgan fingerprint density at radius 1 is 1.26 bits per heavy atom. The molecule has 2 aromatic rings. The van der Waals surface area contributed by atoms with Gasteiger partial charge in [0.15, 0.2) is 0 Å². The van der Waals surface area contributed by atoms with Crippen molar-refractivity contribution in [3.8, 4) is 11.1 Å². The summed E-state index contributed by atoms with van der Waals surface area (Å²) in [5, 5.41) is 4.60. The van der Waals surface area contributed by atoms with Gasteiger partial charge in [0.1, 0.15) is 6.29 Å². The van der Waals surface area contributed by atoms with Gasteiger partial charge < -0.3 is 0 Å². The minimum atomic E-state index is 0.716. The van der Waals surface area contributed by atoms with Gasteiger partial charge in [-0.3, -0.25) is 9.48 Å². The molecule has 3 heteroatoms. The van der Waals surface area contributed by atoms with Crippen molar-refractivity contribution in [1.82, 2.24) is 9.78 Å². The summed E-state index contributed by atoms with van der Waals surface area (Å²) in [5.41, 5.74) is 6.56. The highest BCUT2D eigenvalue weighted by Crippen LogP contribution is 2.31. The Balaban J connectivity index is 2.73. The highest BCUT2D eigenvalue weighted by Gasteiger charge is 2.17. The number of aryl methyl sites for hydroxylation is 3. The van der Waals surface area contributed by atoms with Crippen LogP contribution in [0.3, 0.4) is 0 Å². The topological polar surface area (TPSA) is 34.9 Å². The lowest BCUT2D eigenvalue weighted by molar-refractivity contribution is 0.112. The maximum absolute atomic E-state index is 11.0. The van der Waals surface area contributed by atoms with Crippen molar-refractivity contribution in [2.24, 2.45) is 7.05 Å². The lowest BCUT2D eigenvalue weighted by Gasteiger charge is -2.09. The Bertz CT molecular complexity index is 611. The van der Waals surface area contributed by atoms with Crippen LogP contribution in [0.5, 0.6) is 0 Å². The SMILES string of the molecule is CCc1nn(C)c(CC)c1-c1cc(C=O)ccc1C. The summed E-state index contributed by atoms with van der Waals surface area (Å²) >= 11 is 0. The predicted octanol–water partition coefficient (Wildman–Crippen LogP) is 3.33. The van der Waals surface area contributed by atoms with E-state index in [9.17, 15) is 4.79 Å². The highest BCUT2D eigenvalue weighted by atomic mass is 16.1. The van der Waals surface area contributed by atoms with Crippen molar-refractivity contribution in [1.29, 1.82) is 0 Å². The summed E-state index contributed by atoms with van der Waals surface area (Å²) in [4.78, 5) is 11.0. The van der Waals surface area contributed by atoms with Crippen LogP contribution in [0.25, 0.3) is 11.1 Å². The van der Waals surface area contributed by atoms with E-state index in [1.54, 1.807) is 0 Å². The Morgan fingerprint density at radius 2 is 2.00 bits per heavy atom. The van der Waals surface area contributed by atoms with E-state index in [0.717, 1.165) is 30.4 Å². The quantitative estimate of drug-likeness (QED) is 0.786. The molecular formula is C16H20N2O. The number of rotatable bonds is 4. The second kappa shape index (κ2) is 5.39. The van der Waals surface area contributed by atoms with Gasteiger partial charge in [0.25, 0.3) is 0 Å². The fourth-order valence-electron chi connectivity index (χ4n) is 2.57. The van der Waals surface area contributed by atoms with E-state index >= 15 is 0 Å². The van der Waals surface area contributed by atoms with Gasteiger partial charge in [0.2, 0.25) is 0 Å². The zero-order valence-electron chi connectivity index (χ0n) is 12.0. The summed E-state index contributed by atoms with van der Waals surface area (Å²) in [6, 6.07) is 5.84. The molecule has 0 atom stereocenters. The molecule has 100 valence electrons. The van der Waals surface area contributed by atoms with Crippen LogP contribution in [0.4, 0.5) is 0 Å². The van der Waals surface area contributed by atoms with Gasteiger partial charge in [0.05, 0.1) is 5.69 Å². The molecule has 3 nitrogen and oxygen atoms in total. The molecule has 0 N–H and O–H groups in total. The molecule has 0 saturated carbocycles. The zero-order valence-corrected chi connectivity index (χ0v) is 12.0. The molecule has 0 saturated heterocycles. The van der Waals surface area contributed by atoms with E-state index in [4.69, 9.17) is 0 Å². The van der Waals surface area contributed by atoms with E-state index < -0.39 is 0 Å². The van der Waals surface area contributed by atoms with Crippen molar-refractivity contribution in [2.75, 3.05) is 0 Å². The molecule has 0 aliphatic heterocycles. The Hall–Kier alpha value is -1.90. The fraction of sp³-hybridized carbons (Fsp3) is 0.375. The lowest BCUT2D eigenvalue weighted by atomic mass is 9.95. The smallest absolute Gasteiger partial charge is 0.150 e. The molecule has 0 spiro atoms. The number of benzene rings is 1. The van der Waals surface area contributed by atoms with Crippen molar-refractivity contribution < 1.29 is 4.79 Å². The second-order valence-electron chi connectivity index (χ2n) is 4.79. The molecular weight excluding hydrogens is 236 g/mol. The number of carbonyl (C=O) groups excluding carboxylic acids is 1. The van der Waals surface area contributed by atoms with E-state index in [1.165, 1.54) is 16.8 Å². The van der Waals surface area contributed by atoms with E-state index in [1.807, 2.05) is 29.9 Å². The first-order valence-corrected chi connectivity index (χ1v) is 6.73. The van der Waals surface area contributed by atoms with Crippen LogP contribution >= 0.6 is 0 Å². The normalized spacial score (nSPS) is 10.7. The molecule has 1 heterocycles. The molecule has 19 heavy (non-hydrogen) atoms. The summed E-state index contributed by atoms with van der Waals surface area (Å²) < 4.78 is 1.96. The van der Waals surface area contributed by atoms with Gasteiger partial charge in [-0.05, 0) is 37.0 Å².